The summed E-state index contributed by atoms with van der Waals surface area (Å²) in [6.07, 6.45) is 0.377. The molecule has 3 nitrogen and oxygen atoms in total. The lowest BCUT2D eigenvalue weighted by Crippen LogP contribution is -2.27. The van der Waals surface area contributed by atoms with Crippen LogP contribution in [0.25, 0.3) is 0 Å². The number of hydrogen-bond acceptors (Lipinski definition) is 4. The van der Waals surface area contributed by atoms with Crippen LogP contribution in [0.15, 0.2) is 23.6 Å². The smallest absolute Gasteiger partial charge is 0.221 e. The summed E-state index contributed by atoms with van der Waals surface area (Å²) in [6.45, 7) is 3.71. The number of hydrogen-bond donors (Lipinski definition) is 1. The van der Waals surface area contributed by atoms with E-state index in [2.05, 4.69) is 10.3 Å². The summed E-state index contributed by atoms with van der Waals surface area (Å²) in [5.74, 6) is -0.425. The molecule has 0 fully saturated rings. The zero-order valence-electron chi connectivity index (χ0n) is 12.9. The molecule has 0 radical (unpaired) electrons. The molecule has 2 rings (SSSR count). The van der Waals surface area contributed by atoms with Crippen molar-refractivity contribution in [3.8, 4) is 0 Å². The minimum absolute atomic E-state index is 0.107. The van der Waals surface area contributed by atoms with Crippen LogP contribution in [0.2, 0.25) is 0 Å². The van der Waals surface area contributed by atoms with Crippen molar-refractivity contribution in [2.75, 3.05) is 5.75 Å². The number of thioether (sulfide) groups is 1. The number of rotatable bonds is 7. The van der Waals surface area contributed by atoms with Gasteiger partial charge in [-0.1, -0.05) is 6.07 Å². The fraction of sp³-hybridized carbons (Fsp3) is 0.375. The molecule has 1 atom stereocenters. The summed E-state index contributed by atoms with van der Waals surface area (Å²) >= 11 is 3.26. The van der Waals surface area contributed by atoms with E-state index >= 15 is 0 Å². The third kappa shape index (κ3) is 5.58. The number of halogens is 2. The molecule has 1 aromatic carbocycles. The number of amides is 1. The van der Waals surface area contributed by atoms with Gasteiger partial charge in [-0.15, -0.1) is 11.3 Å². The fourth-order valence-electron chi connectivity index (χ4n) is 1.99. The average Bonchev–Trinajstić information content (AvgIpc) is 2.92. The molecule has 0 aliphatic heterocycles. The SMILES string of the molecule is Cc1nc(CSCCC(=O)NC(C)c2ccc(F)c(F)c2)cs1. The van der Waals surface area contributed by atoms with Crippen molar-refractivity contribution in [3.05, 3.63) is 51.5 Å². The van der Waals surface area contributed by atoms with Gasteiger partial charge in [0.2, 0.25) is 5.91 Å². The lowest BCUT2D eigenvalue weighted by Gasteiger charge is -2.14. The van der Waals surface area contributed by atoms with E-state index in [1.807, 2.05) is 12.3 Å². The molecule has 0 bridgehead atoms. The lowest BCUT2D eigenvalue weighted by atomic mass is 10.1. The zero-order valence-corrected chi connectivity index (χ0v) is 14.6. The van der Waals surface area contributed by atoms with E-state index in [0.717, 1.165) is 28.6 Å². The standard InChI is InChI=1S/C16H18F2N2OS2/c1-10(12-3-4-14(17)15(18)7-12)19-16(21)5-6-22-8-13-9-23-11(2)20-13/h3-4,7,9-10H,5-6,8H2,1-2H3,(H,19,21). The molecule has 7 heteroatoms. The summed E-state index contributed by atoms with van der Waals surface area (Å²) in [6, 6.07) is 3.30. The maximum absolute atomic E-state index is 13.2. The first-order chi connectivity index (χ1) is 11.0. The van der Waals surface area contributed by atoms with Crippen molar-refractivity contribution >= 4 is 29.0 Å². The maximum atomic E-state index is 13.2. The van der Waals surface area contributed by atoms with Gasteiger partial charge in [-0.3, -0.25) is 4.79 Å². The molecule has 0 saturated heterocycles. The Morgan fingerprint density at radius 1 is 1.39 bits per heavy atom. The van der Waals surface area contributed by atoms with Crippen LogP contribution >= 0.6 is 23.1 Å². The Balaban J connectivity index is 1.72. The second-order valence-corrected chi connectivity index (χ2v) is 7.29. The summed E-state index contributed by atoms with van der Waals surface area (Å²) in [5, 5.41) is 5.85. The van der Waals surface area contributed by atoms with Crippen LogP contribution in [0, 0.1) is 18.6 Å². The molecular weight excluding hydrogens is 338 g/mol. The average molecular weight is 356 g/mol. The molecule has 1 N–H and O–H groups in total. The molecule has 1 aromatic heterocycles. The summed E-state index contributed by atoms with van der Waals surface area (Å²) in [5.41, 5.74) is 1.58. The second kappa shape index (κ2) is 8.40. The van der Waals surface area contributed by atoms with Crippen LogP contribution < -0.4 is 5.32 Å². The van der Waals surface area contributed by atoms with Crippen molar-refractivity contribution in [3.63, 3.8) is 0 Å². The van der Waals surface area contributed by atoms with E-state index < -0.39 is 11.6 Å². The number of aryl methyl sites for hydroxylation is 1. The topological polar surface area (TPSA) is 42.0 Å². The van der Waals surface area contributed by atoms with E-state index in [9.17, 15) is 13.6 Å². The van der Waals surface area contributed by atoms with Gasteiger partial charge >= 0.3 is 0 Å². The molecule has 0 spiro atoms. The highest BCUT2D eigenvalue weighted by atomic mass is 32.2. The predicted octanol–water partition coefficient (Wildman–Crippen LogP) is 4.23. The normalized spacial score (nSPS) is 12.2. The quantitative estimate of drug-likeness (QED) is 0.755. The van der Waals surface area contributed by atoms with Gasteiger partial charge in [0.1, 0.15) is 0 Å². The largest absolute Gasteiger partial charge is 0.350 e. The Bertz CT molecular complexity index is 676. The highest BCUT2D eigenvalue weighted by Gasteiger charge is 2.12. The molecular formula is C16H18F2N2OS2. The Morgan fingerprint density at radius 3 is 2.83 bits per heavy atom. The highest BCUT2D eigenvalue weighted by molar-refractivity contribution is 7.98. The molecule has 0 aliphatic rings. The maximum Gasteiger partial charge on any atom is 0.221 e. The van der Waals surface area contributed by atoms with Crippen molar-refractivity contribution in [1.29, 1.82) is 0 Å². The van der Waals surface area contributed by atoms with Crippen molar-refractivity contribution in [2.24, 2.45) is 0 Å². The van der Waals surface area contributed by atoms with Gasteiger partial charge in [-0.25, -0.2) is 13.8 Å². The van der Waals surface area contributed by atoms with Crippen LogP contribution in [0.5, 0.6) is 0 Å². The Labute approximate surface area is 142 Å². The number of thiazole rings is 1. The number of benzene rings is 1. The van der Waals surface area contributed by atoms with Gasteiger partial charge in [0.15, 0.2) is 11.6 Å². The molecule has 23 heavy (non-hydrogen) atoms. The highest BCUT2D eigenvalue weighted by Crippen LogP contribution is 2.18. The van der Waals surface area contributed by atoms with Crippen molar-refractivity contribution in [1.82, 2.24) is 10.3 Å². The number of nitrogens with one attached hydrogen (secondary N) is 1. The molecule has 2 aromatic rings. The summed E-state index contributed by atoms with van der Waals surface area (Å²) in [4.78, 5) is 16.2. The third-order valence-electron chi connectivity index (χ3n) is 3.21. The van der Waals surface area contributed by atoms with E-state index in [1.54, 1.807) is 30.0 Å². The number of carbonyl (C=O) groups excluding carboxylic acids is 1. The molecule has 0 aliphatic carbocycles. The van der Waals surface area contributed by atoms with Crippen LogP contribution in [0.4, 0.5) is 8.78 Å². The first-order valence-corrected chi connectivity index (χ1v) is 9.22. The first kappa shape index (κ1) is 17.9. The summed E-state index contributed by atoms with van der Waals surface area (Å²) in [7, 11) is 0. The van der Waals surface area contributed by atoms with E-state index in [-0.39, 0.29) is 11.9 Å². The fourth-order valence-corrected chi connectivity index (χ4v) is 3.54. The predicted molar refractivity (Wildman–Crippen MR) is 90.5 cm³/mol. The third-order valence-corrected chi connectivity index (χ3v) is 5.03. The van der Waals surface area contributed by atoms with Gasteiger partial charge in [0.25, 0.3) is 0 Å². The monoisotopic (exact) mass is 356 g/mol. The minimum atomic E-state index is -0.905. The first-order valence-electron chi connectivity index (χ1n) is 7.18. The number of aromatic nitrogens is 1. The van der Waals surface area contributed by atoms with Gasteiger partial charge in [0, 0.05) is 23.3 Å². The Morgan fingerprint density at radius 2 is 2.17 bits per heavy atom. The molecule has 1 amide bonds. The van der Waals surface area contributed by atoms with Crippen LogP contribution in [-0.2, 0) is 10.5 Å². The van der Waals surface area contributed by atoms with E-state index in [1.165, 1.54) is 6.07 Å². The van der Waals surface area contributed by atoms with E-state index in [4.69, 9.17) is 0 Å². The number of carbonyl (C=O) groups is 1. The molecule has 1 unspecified atom stereocenters. The van der Waals surface area contributed by atoms with Crippen molar-refractivity contribution in [2.45, 2.75) is 32.1 Å². The van der Waals surface area contributed by atoms with Gasteiger partial charge in [-0.05, 0) is 31.5 Å². The zero-order chi connectivity index (χ0) is 16.8. The molecule has 124 valence electrons. The Hall–Kier alpha value is -1.47. The second-order valence-electron chi connectivity index (χ2n) is 5.12. The number of nitrogens with zero attached hydrogens (tertiary/aromatic N) is 1. The summed E-state index contributed by atoms with van der Waals surface area (Å²) < 4.78 is 26.1. The van der Waals surface area contributed by atoms with Gasteiger partial charge < -0.3 is 5.32 Å². The molecule has 0 saturated carbocycles. The minimum Gasteiger partial charge on any atom is -0.350 e. The van der Waals surface area contributed by atoms with Gasteiger partial charge in [0.05, 0.1) is 16.7 Å². The molecule has 1 heterocycles. The van der Waals surface area contributed by atoms with Crippen molar-refractivity contribution < 1.29 is 13.6 Å². The van der Waals surface area contributed by atoms with Crippen LogP contribution in [0.1, 0.15) is 35.7 Å². The van der Waals surface area contributed by atoms with Gasteiger partial charge in [-0.2, -0.15) is 11.8 Å². The van der Waals surface area contributed by atoms with Crippen LogP contribution in [-0.4, -0.2) is 16.6 Å². The van der Waals surface area contributed by atoms with E-state index in [0.29, 0.717) is 17.7 Å². The van der Waals surface area contributed by atoms with Crippen LogP contribution in [0.3, 0.4) is 0 Å². The lowest BCUT2D eigenvalue weighted by molar-refractivity contribution is -0.121. The Kier molecular flexibility index (Phi) is 6.53.